The van der Waals surface area contributed by atoms with Crippen LogP contribution < -0.4 is 4.74 Å². The molecule has 1 aromatic carbocycles. The standard InChI is InChI=1S/C35H45NO18/c1-17(37)9-14-26-28(30(47-20(4)40)32(49-22(6)42)34(52-26)51-25-12-10-24(11-13-25)15-36-44-8)54-35-33(50-23(7)43)31(48-21(5)41)29(46-19(3)39)27(53-35)16-45-18(2)38/h10-13,15,26-35H,9,14,16H2,1-8H3/b36-15-/t26-,27-,28-,29+,30+,31+,32-,33-,34-,35+/m1/s1. The maximum Gasteiger partial charge on any atom is 0.303 e. The van der Waals surface area contributed by atoms with Crippen molar-refractivity contribution in [2.75, 3.05) is 13.7 Å². The van der Waals surface area contributed by atoms with Gasteiger partial charge in [-0.1, -0.05) is 5.16 Å². The molecule has 2 aliphatic rings. The van der Waals surface area contributed by atoms with Crippen LogP contribution >= 0.6 is 0 Å². The Kier molecular flexibility index (Phi) is 16.3. The van der Waals surface area contributed by atoms with Crippen LogP contribution in [0.15, 0.2) is 29.4 Å². The number of carbonyl (C=O) groups is 7. The van der Waals surface area contributed by atoms with Gasteiger partial charge in [0.25, 0.3) is 0 Å². The molecule has 2 saturated heterocycles. The van der Waals surface area contributed by atoms with E-state index in [1.54, 1.807) is 24.3 Å². The van der Waals surface area contributed by atoms with E-state index in [1.807, 2.05) is 0 Å². The van der Waals surface area contributed by atoms with Crippen molar-refractivity contribution in [3.8, 4) is 5.75 Å². The van der Waals surface area contributed by atoms with Crippen molar-refractivity contribution in [2.24, 2.45) is 5.16 Å². The van der Waals surface area contributed by atoms with Crippen LogP contribution in [0.2, 0.25) is 0 Å². The van der Waals surface area contributed by atoms with E-state index in [0.717, 1.165) is 41.5 Å². The number of hydrogen-bond acceptors (Lipinski definition) is 19. The lowest BCUT2D eigenvalue weighted by Crippen LogP contribution is -2.67. The molecule has 19 heteroatoms. The van der Waals surface area contributed by atoms with Gasteiger partial charge in [-0.15, -0.1) is 0 Å². The molecule has 0 amide bonds. The summed E-state index contributed by atoms with van der Waals surface area (Å²) in [7, 11) is 1.39. The number of benzene rings is 1. The van der Waals surface area contributed by atoms with Crippen molar-refractivity contribution in [2.45, 2.75) is 123 Å². The van der Waals surface area contributed by atoms with Gasteiger partial charge in [-0.3, -0.25) is 28.8 Å². The molecule has 0 aromatic heterocycles. The molecule has 3 rings (SSSR count). The number of ether oxygens (including phenoxy) is 10. The predicted octanol–water partition coefficient (Wildman–Crippen LogP) is 1.47. The molecule has 0 radical (unpaired) electrons. The van der Waals surface area contributed by atoms with Crippen molar-refractivity contribution in [1.82, 2.24) is 0 Å². The Morgan fingerprint density at radius 1 is 0.611 bits per heavy atom. The first-order valence-corrected chi connectivity index (χ1v) is 16.8. The highest BCUT2D eigenvalue weighted by Crippen LogP contribution is 2.37. The Bertz CT molecular complexity index is 1530. The number of hydrogen-bond donors (Lipinski definition) is 0. The summed E-state index contributed by atoms with van der Waals surface area (Å²) in [5, 5.41) is 3.71. The summed E-state index contributed by atoms with van der Waals surface area (Å²) in [5.74, 6) is -5.05. The van der Waals surface area contributed by atoms with Gasteiger partial charge < -0.3 is 57.0 Å². The van der Waals surface area contributed by atoms with Crippen LogP contribution in [0.5, 0.6) is 5.75 Å². The SMILES string of the molecule is CO/N=C\c1ccc(O[C@@H]2O[C@H](CCC(C)=O)[C@@H](O[C@@H]3O[C@H](COC(C)=O)[C@H](OC(C)=O)[C@H](OC(C)=O)[C@H]3OC(C)=O)[C@H](OC(C)=O)[C@H]2OC(C)=O)cc1. The molecule has 0 bridgehead atoms. The van der Waals surface area contributed by atoms with Gasteiger partial charge in [0.2, 0.25) is 12.4 Å². The minimum absolute atomic E-state index is 0.0673. The number of ketones is 1. The number of rotatable bonds is 16. The number of carbonyl (C=O) groups excluding carboxylic acids is 7. The summed E-state index contributed by atoms with van der Waals surface area (Å²) < 4.78 is 57.8. The number of esters is 6. The molecular formula is C35H45NO18. The maximum absolute atomic E-state index is 12.6. The highest BCUT2D eigenvalue weighted by atomic mass is 16.8. The summed E-state index contributed by atoms with van der Waals surface area (Å²) in [6, 6.07) is 6.43. The fourth-order valence-corrected chi connectivity index (χ4v) is 5.69. The molecule has 0 spiro atoms. The third-order valence-electron chi connectivity index (χ3n) is 7.66. The molecule has 2 heterocycles. The highest BCUT2D eigenvalue weighted by molar-refractivity contribution is 5.79. The second-order valence-electron chi connectivity index (χ2n) is 12.2. The number of Topliss-reactive ketones (excluding diaryl/α,β-unsaturated/α-hetero) is 1. The highest BCUT2D eigenvalue weighted by Gasteiger charge is 2.57. The molecule has 0 N–H and O–H groups in total. The first kappa shape index (κ1) is 43.3. The van der Waals surface area contributed by atoms with E-state index in [1.165, 1.54) is 20.2 Å². The Balaban J connectivity index is 2.15. The summed E-state index contributed by atoms with van der Waals surface area (Å²) in [4.78, 5) is 90.9. The average molecular weight is 768 g/mol. The van der Waals surface area contributed by atoms with Crippen LogP contribution in [-0.4, -0.2) is 123 Å². The lowest BCUT2D eigenvalue weighted by Gasteiger charge is -2.48. The number of nitrogens with zero attached hydrogens (tertiary/aromatic N) is 1. The molecule has 2 aliphatic heterocycles. The molecule has 0 unspecified atom stereocenters. The quantitative estimate of drug-likeness (QED) is 0.100. The Morgan fingerprint density at radius 2 is 1.09 bits per heavy atom. The fourth-order valence-electron chi connectivity index (χ4n) is 5.69. The average Bonchev–Trinajstić information content (AvgIpc) is 3.06. The van der Waals surface area contributed by atoms with Crippen LogP contribution in [0.4, 0.5) is 0 Å². The van der Waals surface area contributed by atoms with E-state index in [9.17, 15) is 33.6 Å². The number of oxime groups is 1. The van der Waals surface area contributed by atoms with Crippen LogP contribution in [-0.2, 0) is 81.0 Å². The summed E-state index contributed by atoms with van der Waals surface area (Å²) >= 11 is 0. The molecular weight excluding hydrogens is 722 g/mol. The smallest absolute Gasteiger partial charge is 0.303 e. The lowest BCUT2D eigenvalue weighted by atomic mass is 9.93. The van der Waals surface area contributed by atoms with Gasteiger partial charge in [-0.05, 0) is 43.2 Å². The molecule has 298 valence electrons. The second kappa shape index (κ2) is 20.4. The minimum atomic E-state index is -1.76. The van der Waals surface area contributed by atoms with Crippen molar-refractivity contribution in [1.29, 1.82) is 0 Å². The van der Waals surface area contributed by atoms with Crippen molar-refractivity contribution in [3.05, 3.63) is 29.8 Å². The van der Waals surface area contributed by atoms with Gasteiger partial charge in [-0.25, -0.2) is 0 Å². The van der Waals surface area contributed by atoms with E-state index in [4.69, 9.17) is 52.2 Å². The molecule has 54 heavy (non-hydrogen) atoms. The summed E-state index contributed by atoms with van der Waals surface area (Å²) in [6.45, 7) is 7.25. The minimum Gasteiger partial charge on any atom is -0.463 e. The largest absolute Gasteiger partial charge is 0.463 e. The topological polar surface area (TPSA) is 233 Å². The molecule has 10 atom stereocenters. The van der Waals surface area contributed by atoms with E-state index in [2.05, 4.69) is 5.16 Å². The van der Waals surface area contributed by atoms with E-state index >= 15 is 0 Å². The zero-order valence-corrected chi connectivity index (χ0v) is 31.1. The monoisotopic (exact) mass is 767 g/mol. The van der Waals surface area contributed by atoms with E-state index in [-0.39, 0.29) is 24.4 Å². The van der Waals surface area contributed by atoms with Crippen molar-refractivity contribution in [3.63, 3.8) is 0 Å². The van der Waals surface area contributed by atoms with Gasteiger partial charge in [-0.2, -0.15) is 0 Å². The van der Waals surface area contributed by atoms with Gasteiger partial charge in [0, 0.05) is 48.0 Å². The Labute approximate surface area is 310 Å². The zero-order valence-electron chi connectivity index (χ0n) is 31.1. The van der Waals surface area contributed by atoms with Crippen LogP contribution in [0, 0.1) is 0 Å². The van der Waals surface area contributed by atoms with Gasteiger partial charge in [0.05, 0.1) is 12.3 Å². The molecule has 0 aliphatic carbocycles. The van der Waals surface area contributed by atoms with Crippen molar-refractivity contribution >= 4 is 47.8 Å². The van der Waals surface area contributed by atoms with E-state index < -0.39 is 104 Å². The van der Waals surface area contributed by atoms with Crippen LogP contribution in [0.1, 0.15) is 66.9 Å². The van der Waals surface area contributed by atoms with Crippen molar-refractivity contribution < 1.29 is 85.8 Å². The normalized spacial score (nSPS) is 27.9. The van der Waals surface area contributed by atoms with Gasteiger partial charge >= 0.3 is 35.8 Å². The fraction of sp³-hybridized carbons (Fsp3) is 0.600. The van der Waals surface area contributed by atoms with Crippen LogP contribution in [0.25, 0.3) is 0 Å². The third kappa shape index (κ3) is 13.1. The Morgan fingerprint density at radius 3 is 1.59 bits per heavy atom. The van der Waals surface area contributed by atoms with Gasteiger partial charge in [0.1, 0.15) is 37.5 Å². The van der Waals surface area contributed by atoms with Gasteiger partial charge in [0.15, 0.2) is 30.7 Å². The third-order valence-corrected chi connectivity index (χ3v) is 7.66. The molecule has 0 saturated carbocycles. The van der Waals surface area contributed by atoms with Crippen LogP contribution in [0.3, 0.4) is 0 Å². The van der Waals surface area contributed by atoms with E-state index in [0.29, 0.717) is 5.56 Å². The first-order chi connectivity index (χ1) is 25.5. The molecule has 1 aromatic rings. The first-order valence-electron chi connectivity index (χ1n) is 16.8. The summed E-state index contributed by atoms with van der Waals surface area (Å²) in [5.41, 5.74) is 0.653. The lowest BCUT2D eigenvalue weighted by molar-refractivity contribution is -0.353. The second-order valence-corrected chi connectivity index (χ2v) is 12.2. The predicted molar refractivity (Wildman–Crippen MR) is 178 cm³/mol. The maximum atomic E-state index is 12.6. The summed E-state index contributed by atoms with van der Waals surface area (Å²) in [6.07, 6.45) is -13.8. The molecule has 2 fully saturated rings. The Hall–Kier alpha value is -5.14. The molecule has 19 nitrogen and oxygen atoms in total. The zero-order chi connectivity index (χ0) is 40.1.